The van der Waals surface area contributed by atoms with Crippen molar-refractivity contribution in [1.29, 1.82) is 0 Å². The van der Waals surface area contributed by atoms with E-state index < -0.39 is 28.1 Å². The third-order valence-electron chi connectivity index (χ3n) is 6.70. The largest absolute Gasteiger partial charge is 0.496 e. The van der Waals surface area contributed by atoms with Crippen molar-refractivity contribution in [3.05, 3.63) is 76.3 Å². The fourth-order valence-corrected chi connectivity index (χ4v) is 6.97. The Bertz CT molecular complexity index is 1490. The van der Waals surface area contributed by atoms with Crippen LogP contribution in [-0.2, 0) is 21.2 Å². The summed E-state index contributed by atoms with van der Waals surface area (Å²) in [7, 11) is 0.732. The lowest BCUT2D eigenvalue weighted by atomic mass is 9.98. The highest BCUT2D eigenvalue weighted by Crippen LogP contribution is 2.38. The van der Waals surface area contributed by atoms with Crippen LogP contribution in [0.1, 0.15) is 12.0 Å². The second kappa shape index (κ2) is 12.5. The molecule has 0 amide bonds. The highest BCUT2D eigenvalue weighted by molar-refractivity contribution is 7.89. The average molecular weight is 607 g/mol. The van der Waals surface area contributed by atoms with Gasteiger partial charge in [0.2, 0.25) is 10.0 Å². The Morgan fingerprint density at radius 2 is 1.68 bits per heavy atom. The number of rotatable bonds is 10. The number of hydrogen-bond donors (Lipinski definition) is 2. The van der Waals surface area contributed by atoms with E-state index in [2.05, 4.69) is 10.3 Å². The number of nitrogens with one attached hydrogen (secondary N) is 1. The van der Waals surface area contributed by atoms with E-state index in [4.69, 9.17) is 32.7 Å². The van der Waals surface area contributed by atoms with Crippen molar-refractivity contribution in [3.63, 3.8) is 0 Å². The smallest absolute Gasteiger partial charge is 0.326 e. The molecule has 1 aliphatic heterocycles. The van der Waals surface area contributed by atoms with E-state index in [9.17, 15) is 18.3 Å². The predicted octanol–water partition coefficient (Wildman–Crippen LogP) is 4.75. The molecule has 2 atom stereocenters. The van der Waals surface area contributed by atoms with Gasteiger partial charge in [-0.05, 0) is 47.9 Å². The number of amidine groups is 1. The van der Waals surface area contributed by atoms with Crippen molar-refractivity contribution < 1.29 is 27.8 Å². The van der Waals surface area contributed by atoms with Crippen molar-refractivity contribution >= 4 is 45.0 Å². The van der Waals surface area contributed by atoms with Gasteiger partial charge in [-0.3, -0.25) is 4.99 Å². The standard InChI is InChI=1S/C28H29Cl2N3O6S/c1-31-27(23-11-12-33(23)40(36,37)21-15-19(29)14-20(30)16-21)32-22(28(34)35)13-17-7-9-18(10-8-17)26-24(38-2)5-4-6-25(26)39-3/h4-10,14-16,22-23H,11-13H2,1-3H3,(H,31,32)(H,34,35)/t22-,23?/m0/s1. The second-order valence-corrected chi connectivity index (χ2v) is 11.9. The summed E-state index contributed by atoms with van der Waals surface area (Å²) >= 11 is 12.0. The van der Waals surface area contributed by atoms with Crippen LogP contribution in [-0.4, -0.2) is 69.5 Å². The maximum Gasteiger partial charge on any atom is 0.326 e. The molecular formula is C28H29Cl2N3O6S. The van der Waals surface area contributed by atoms with Gasteiger partial charge in [0.05, 0.1) is 30.7 Å². The summed E-state index contributed by atoms with van der Waals surface area (Å²) in [6, 6.07) is 15.4. The molecule has 12 heteroatoms. The third-order valence-corrected chi connectivity index (χ3v) is 9.02. The van der Waals surface area contributed by atoms with Crippen molar-refractivity contribution in [2.24, 2.45) is 4.99 Å². The Morgan fingerprint density at radius 3 is 2.15 bits per heavy atom. The zero-order valence-electron chi connectivity index (χ0n) is 22.1. The normalized spacial score (nSPS) is 16.6. The predicted molar refractivity (Wildman–Crippen MR) is 155 cm³/mol. The molecule has 0 radical (unpaired) electrons. The van der Waals surface area contributed by atoms with Gasteiger partial charge in [0.15, 0.2) is 0 Å². The average Bonchev–Trinajstić information content (AvgIpc) is 2.90. The SMILES string of the molecule is CN=C(N[C@@H](Cc1ccc(-c2c(OC)cccc2OC)cc1)C(=O)O)C1CCN1S(=O)(=O)c1cc(Cl)cc(Cl)c1. The molecule has 1 saturated heterocycles. The van der Waals surface area contributed by atoms with Gasteiger partial charge in [-0.25, -0.2) is 13.2 Å². The summed E-state index contributed by atoms with van der Waals surface area (Å²) in [4.78, 5) is 16.4. The Labute approximate surface area is 243 Å². The first-order valence-corrected chi connectivity index (χ1v) is 14.5. The third kappa shape index (κ3) is 6.20. The van der Waals surface area contributed by atoms with Crippen LogP contribution in [0.3, 0.4) is 0 Å². The quantitative estimate of drug-likeness (QED) is 0.253. The maximum absolute atomic E-state index is 13.3. The summed E-state index contributed by atoms with van der Waals surface area (Å²) in [6.45, 7) is 0.253. The van der Waals surface area contributed by atoms with E-state index in [-0.39, 0.29) is 33.7 Å². The van der Waals surface area contributed by atoms with Gasteiger partial charge in [0.1, 0.15) is 23.4 Å². The number of methoxy groups -OCH3 is 2. The van der Waals surface area contributed by atoms with Crippen LogP contribution in [0.15, 0.2) is 70.6 Å². The molecule has 9 nitrogen and oxygen atoms in total. The molecule has 1 fully saturated rings. The van der Waals surface area contributed by atoms with Crippen LogP contribution >= 0.6 is 23.2 Å². The first-order valence-electron chi connectivity index (χ1n) is 12.3. The van der Waals surface area contributed by atoms with Gasteiger partial charge in [0, 0.05) is 30.1 Å². The van der Waals surface area contributed by atoms with Crippen molar-refractivity contribution in [2.45, 2.75) is 29.8 Å². The molecule has 4 rings (SSSR count). The first kappa shape index (κ1) is 29.7. The van der Waals surface area contributed by atoms with Crippen LogP contribution in [0.4, 0.5) is 0 Å². The number of carboxylic acid groups (broad SMARTS) is 1. The molecule has 1 unspecified atom stereocenters. The molecule has 1 heterocycles. The Balaban J connectivity index is 1.52. The summed E-state index contributed by atoms with van der Waals surface area (Å²) in [5, 5.41) is 13.3. The molecule has 212 valence electrons. The van der Waals surface area contributed by atoms with Gasteiger partial charge in [0.25, 0.3) is 0 Å². The topological polar surface area (TPSA) is 118 Å². The molecule has 1 aliphatic rings. The molecule has 0 saturated carbocycles. The van der Waals surface area contributed by atoms with E-state index in [0.717, 1.165) is 16.7 Å². The number of carbonyl (C=O) groups is 1. The number of benzene rings is 3. The minimum atomic E-state index is -3.93. The van der Waals surface area contributed by atoms with Crippen LogP contribution < -0.4 is 14.8 Å². The number of ether oxygens (including phenoxy) is 2. The molecule has 40 heavy (non-hydrogen) atoms. The van der Waals surface area contributed by atoms with E-state index in [1.165, 1.54) is 29.6 Å². The van der Waals surface area contributed by atoms with E-state index >= 15 is 0 Å². The van der Waals surface area contributed by atoms with Gasteiger partial charge in [-0.2, -0.15) is 4.31 Å². The maximum atomic E-state index is 13.3. The Hall–Kier alpha value is -3.31. The van der Waals surface area contributed by atoms with Gasteiger partial charge in [-0.15, -0.1) is 0 Å². The van der Waals surface area contributed by atoms with E-state index in [1.54, 1.807) is 14.2 Å². The summed E-state index contributed by atoms with van der Waals surface area (Å²) < 4.78 is 38.8. The Morgan fingerprint density at radius 1 is 1.07 bits per heavy atom. The van der Waals surface area contributed by atoms with Crippen LogP contribution in [0, 0.1) is 0 Å². The zero-order valence-corrected chi connectivity index (χ0v) is 24.4. The van der Waals surface area contributed by atoms with Crippen molar-refractivity contribution in [1.82, 2.24) is 9.62 Å². The number of carboxylic acids is 1. The number of aliphatic imine (C=N–C) groups is 1. The van der Waals surface area contributed by atoms with Crippen molar-refractivity contribution in [3.8, 4) is 22.6 Å². The lowest BCUT2D eigenvalue weighted by molar-refractivity contribution is -0.139. The monoisotopic (exact) mass is 605 g/mol. The number of sulfonamides is 1. The van der Waals surface area contributed by atoms with Crippen LogP contribution in [0.25, 0.3) is 11.1 Å². The van der Waals surface area contributed by atoms with E-state index in [0.29, 0.717) is 17.9 Å². The minimum Gasteiger partial charge on any atom is -0.496 e. The number of nitrogens with zero attached hydrogens (tertiary/aromatic N) is 2. The molecule has 0 aliphatic carbocycles. The van der Waals surface area contributed by atoms with Gasteiger partial charge >= 0.3 is 5.97 Å². The number of halogens is 2. The first-order chi connectivity index (χ1) is 19.1. The van der Waals surface area contributed by atoms with Crippen molar-refractivity contribution in [2.75, 3.05) is 27.8 Å². The van der Waals surface area contributed by atoms with Gasteiger partial charge in [-0.1, -0.05) is 53.5 Å². The molecule has 3 aromatic carbocycles. The summed E-state index contributed by atoms with van der Waals surface area (Å²) in [5.41, 5.74) is 2.41. The van der Waals surface area contributed by atoms with Crippen LogP contribution in [0.5, 0.6) is 11.5 Å². The van der Waals surface area contributed by atoms with Crippen LogP contribution in [0.2, 0.25) is 10.0 Å². The molecule has 0 bridgehead atoms. The Kier molecular flexibility index (Phi) is 9.25. The van der Waals surface area contributed by atoms with E-state index in [1.807, 2.05) is 42.5 Å². The molecule has 0 spiro atoms. The fraction of sp³-hybridized carbons (Fsp3) is 0.286. The minimum absolute atomic E-state index is 0.0355. The highest BCUT2D eigenvalue weighted by atomic mass is 35.5. The molecular weight excluding hydrogens is 577 g/mol. The second-order valence-electron chi connectivity index (χ2n) is 9.11. The molecule has 3 aromatic rings. The number of aliphatic carboxylic acids is 1. The fourth-order valence-electron chi connectivity index (χ4n) is 4.60. The lowest BCUT2D eigenvalue weighted by Gasteiger charge is -2.40. The number of hydrogen-bond acceptors (Lipinski definition) is 6. The van der Waals surface area contributed by atoms with Gasteiger partial charge < -0.3 is 19.9 Å². The lowest BCUT2D eigenvalue weighted by Crippen LogP contribution is -2.60. The summed E-state index contributed by atoms with van der Waals surface area (Å²) in [5.74, 6) is 0.486. The zero-order chi connectivity index (χ0) is 29.0. The molecule has 2 N–H and O–H groups in total. The molecule has 0 aromatic heterocycles. The highest BCUT2D eigenvalue weighted by Gasteiger charge is 2.42. The summed E-state index contributed by atoms with van der Waals surface area (Å²) in [6.07, 6.45) is 0.621.